The Hall–Kier alpha value is -1.35. The number of benzene rings is 1. The van der Waals surface area contributed by atoms with Gasteiger partial charge in [-0.15, -0.1) is 0 Å². The summed E-state index contributed by atoms with van der Waals surface area (Å²) in [5, 5.41) is 3.22. The van der Waals surface area contributed by atoms with Gasteiger partial charge in [0.2, 0.25) is 5.91 Å². The van der Waals surface area contributed by atoms with Gasteiger partial charge in [0.15, 0.2) is 0 Å². The second-order valence-electron chi connectivity index (χ2n) is 7.32. The second-order valence-corrected chi connectivity index (χ2v) is 7.32. The number of anilines is 1. The van der Waals surface area contributed by atoms with E-state index in [2.05, 4.69) is 56.1 Å². The topological polar surface area (TPSA) is 32.3 Å². The van der Waals surface area contributed by atoms with E-state index >= 15 is 0 Å². The summed E-state index contributed by atoms with van der Waals surface area (Å²) in [6.07, 6.45) is 4.47. The number of hydrogen-bond donors (Lipinski definition) is 1. The Balaban J connectivity index is 2.03. The fourth-order valence-electron chi connectivity index (χ4n) is 3.34. The van der Waals surface area contributed by atoms with Crippen LogP contribution in [0.25, 0.3) is 0 Å². The van der Waals surface area contributed by atoms with Crippen LogP contribution in [-0.4, -0.2) is 30.4 Å². The van der Waals surface area contributed by atoms with Crippen molar-refractivity contribution in [3.8, 4) is 0 Å². The van der Waals surface area contributed by atoms with E-state index in [1.54, 1.807) is 0 Å². The predicted octanol–water partition coefficient (Wildman–Crippen LogP) is 4.75. The van der Waals surface area contributed by atoms with E-state index in [9.17, 15) is 4.79 Å². The fourth-order valence-corrected chi connectivity index (χ4v) is 3.34. The van der Waals surface area contributed by atoms with Gasteiger partial charge in [-0.05, 0) is 48.9 Å². The molecule has 0 unspecified atom stereocenters. The van der Waals surface area contributed by atoms with Gasteiger partial charge in [-0.3, -0.25) is 4.79 Å². The number of para-hydroxylation sites is 1. The summed E-state index contributed by atoms with van der Waals surface area (Å²) in [6, 6.07) is 6.38. The van der Waals surface area contributed by atoms with Crippen LogP contribution in [0.5, 0.6) is 0 Å². The average molecular weight is 316 g/mol. The Labute approximate surface area is 141 Å². The molecule has 1 aromatic rings. The number of nitrogens with one attached hydrogen (secondary N) is 1. The smallest absolute Gasteiger partial charge is 0.225 e. The lowest BCUT2D eigenvalue weighted by Crippen LogP contribution is -2.32. The first-order valence-corrected chi connectivity index (χ1v) is 9.14. The molecule has 128 valence electrons. The van der Waals surface area contributed by atoms with Crippen LogP contribution in [0.4, 0.5) is 5.69 Å². The molecule has 1 heterocycles. The molecule has 1 N–H and O–H groups in total. The van der Waals surface area contributed by atoms with Crippen LogP contribution in [-0.2, 0) is 4.79 Å². The molecule has 0 bridgehead atoms. The molecule has 1 aliphatic rings. The summed E-state index contributed by atoms with van der Waals surface area (Å²) in [5.74, 6) is 0.961. The van der Waals surface area contributed by atoms with Crippen LogP contribution in [0, 0.1) is 0 Å². The highest BCUT2D eigenvalue weighted by molar-refractivity contribution is 5.92. The number of piperidine rings is 1. The molecule has 1 fully saturated rings. The van der Waals surface area contributed by atoms with Crippen molar-refractivity contribution in [1.82, 2.24) is 4.90 Å². The summed E-state index contributed by atoms with van der Waals surface area (Å²) < 4.78 is 0. The summed E-state index contributed by atoms with van der Waals surface area (Å²) in [7, 11) is 0. The predicted molar refractivity (Wildman–Crippen MR) is 98.2 cm³/mol. The molecule has 1 aliphatic heterocycles. The Morgan fingerprint density at radius 2 is 1.61 bits per heavy atom. The minimum atomic E-state index is 0.144. The number of rotatable bonds is 6. The number of carbonyl (C=O) groups excluding carboxylic acids is 1. The van der Waals surface area contributed by atoms with Crippen molar-refractivity contribution in [2.75, 3.05) is 25.0 Å². The second kappa shape index (κ2) is 8.49. The molecule has 1 saturated heterocycles. The normalized spacial score (nSPS) is 16.1. The summed E-state index contributed by atoms with van der Waals surface area (Å²) in [4.78, 5) is 14.9. The van der Waals surface area contributed by atoms with Gasteiger partial charge in [-0.25, -0.2) is 0 Å². The Morgan fingerprint density at radius 3 is 2.13 bits per heavy atom. The third-order valence-electron chi connectivity index (χ3n) is 4.74. The third kappa shape index (κ3) is 5.07. The van der Waals surface area contributed by atoms with E-state index in [1.807, 2.05) is 0 Å². The molecule has 0 atom stereocenters. The zero-order chi connectivity index (χ0) is 16.8. The first kappa shape index (κ1) is 18.0. The lowest BCUT2D eigenvalue weighted by atomic mass is 9.92. The number of likely N-dealkylation sites (tertiary alicyclic amines) is 1. The third-order valence-corrected chi connectivity index (χ3v) is 4.74. The van der Waals surface area contributed by atoms with Crippen LogP contribution in [0.15, 0.2) is 18.2 Å². The highest BCUT2D eigenvalue weighted by atomic mass is 16.1. The van der Waals surface area contributed by atoms with E-state index in [1.165, 1.54) is 30.4 Å². The van der Waals surface area contributed by atoms with Crippen molar-refractivity contribution in [3.63, 3.8) is 0 Å². The first-order valence-electron chi connectivity index (χ1n) is 9.14. The van der Waals surface area contributed by atoms with Crippen molar-refractivity contribution in [2.24, 2.45) is 0 Å². The molecule has 1 aromatic carbocycles. The van der Waals surface area contributed by atoms with Gasteiger partial charge < -0.3 is 10.2 Å². The van der Waals surface area contributed by atoms with Gasteiger partial charge >= 0.3 is 0 Å². The summed E-state index contributed by atoms with van der Waals surface area (Å²) in [5.41, 5.74) is 3.52. The first-order chi connectivity index (χ1) is 11.0. The van der Waals surface area contributed by atoms with Gasteiger partial charge in [0, 0.05) is 18.7 Å². The van der Waals surface area contributed by atoms with Gasteiger partial charge in [0.25, 0.3) is 0 Å². The zero-order valence-corrected chi connectivity index (χ0v) is 15.2. The zero-order valence-electron chi connectivity index (χ0n) is 15.2. The van der Waals surface area contributed by atoms with Crippen molar-refractivity contribution >= 4 is 11.6 Å². The van der Waals surface area contributed by atoms with Crippen molar-refractivity contribution in [1.29, 1.82) is 0 Å². The molecule has 0 saturated carbocycles. The lowest BCUT2D eigenvalue weighted by molar-refractivity contribution is -0.116. The molecular weight excluding hydrogens is 284 g/mol. The van der Waals surface area contributed by atoms with E-state index in [0.717, 1.165) is 25.3 Å². The van der Waals surface area contributed by atoms with Crippen molar-refractivity contribution < 1.29 is 4.79 Å². The molecule has 3 heteroatoms. The molecule has 0 spiro atoms. The molecule has 3 nitrogen and oxygen atoms in total. The van der Waals surface area contributed by atoms with Crippen LogP contribution in [0.3, 0.4) is 0 Å². The van der Waals surface area contributed by atoms with E-state index in [-0.39, 0.29) is 5.91 Å². The SMILES string of the molecule is CC(C)c1cccc(C(C)C)c1NC(=O)CCN1CCCCC1. The van der Waals surface area contributed by atoms with Crippen LogP contribution in [0.1, 0.15) is 76.3 Å². The van der Waals surface area contributed by atoms with Gasteiger partial charge in [-0.2, -0.15) is 0 Å². The monoisotopic (exact) mass is 316 g/mol. The van der Waals surface area contributed by atoms with Gasteiger partial charge in [0.05, 0.1) is 0 Å². The quantitative estimate of drug-likeness (QED) is 0.821. The van der Waals surface area contributed by atoms with Crippen LogP contribution in [0.2, 0.25) is 0 Å². The highest BCUT2D eigenvalue weighted by Crippen LogP contribution is 2.32. The Morgan fingerprint density at radius 1 is 1.04 bits per heavy atom. The molecule has 0 aliphatic carbocycles. The molecule has 0 aromatic heterocycles. The lowest BCUT2D eigenvalue weighted by Gasteiger charge is -2.26. The van der Waals surface area contributed by atoms with Crippen LogP contribution >= 0.6 is 0 Å². The minimum absolute atomic E-state index is 0.144. The van der Waals surface area contributed by atoms with Crippen molar-refractivity contribution in [2.45, 2.75) is 65.2 Å². The highest BCUT2D eigenvalue weighted by Gasteiger charge is 2.17. The maximum Gasteiger partial charge on any atom is 0.225 e. The standard InChI is InChI=1S/C20H32N2O/c1-15(2)17-9-8-10-18(16(3)4)20(17)21-19(23)11-14-22-12-6-5-7-13-22/h8-10,15-16H,5-7,11-14H2,1-4H3,(H,21,23). The number of carbonyl (C=O) groups is 1. The molecular formula is C20H32N2O. The Bertz CT molecular complexity index is 490. The minimum Gasteiger partial charge on any atom is -0.326 e. The number of hydrogen-bond acceptors (Lipinski definition) is 2. The largest absolute Gasteiger partial charge is 0.326 e. The average Bonchev–Trinajstić information content (AvgIpc) is 2.53. The molecule has 23 heavy (non-hydrogen) atoms. The maximum atomic E-state index is 12.5. The van der Waals surface area contributed by atoms with Gasteiger partial charge in [-0.1, -0.05) is 52.3 Å². The molecule has 2 rings (SSSR count). The summed E-state index contributed by atoms with van der Waals surface area (Å²) in [6.45, 7) is 11.9. The fraction of sp³-hybridized carbons (Fsp3) is 0.650. The maximum absolute atomic E-state index is 12.5. The van der Waals surface area contributed by atoms with E-state index < -0.39 is 0 Å². The van der Waals surface area contributed by atoms with Crippen molar-refractivity contribution in [3.05, 3.63) is 29.3 Å². The summed E-state index contributed by atoms with van der Waals surface area (Å²) >= 11 is 0. The molecule has 1 amide bonds. The number of nitrogens with zero attached hydrogens (tertiary/aromatic N) is 1. The molecule has 0 radical (unpaired) electrons. The number of amides is 1. The van der Waals surface area contributed by atoms with Crippen LogP contribution < -0.4 is 5.32 Å². The van der Waals surface area contributed by atoms with Gasteiger partial charge in [0.1, 0.15) is 0 Å². The Kier molecular flexibility index (Phi) is 6.64. The van der Waals surface area contributed by atoms with E-state index in [4.69, 9.17) is 0 Å². The van der Waals surface area contributed by atoms with E-state index in [0.29, 0.717) is 18.3 Å².